The Morgan fingerprint density at radius 3 is 2.08 bits per heavy atom. The van der Waals surface area contributed by atoms with E-state index in [9.17, 15) is 4.57 Å². The van der Waals surface area contributed by atoms with Crippen LogP contribution < -0.4 is 11.0 Å². The molecule has 0 aromatic heterocycles. The van der Waals surface area contributed by atoms with E-state index in [1.807, 2.05) is 0 Å². The highest BCUT2D eigenvalue weighted by Gasteiger charge is 2.16. The van der Waals surface area contributed by atoms with Gasteiger partial charge in [0.2, 0.25) is 0 Å². The van der Waals surface area contributed by atoms with Crippen molar-refractivity contribution in [3.05, 3.63) is 29.8 Å². The predicted octanol–water partition coefficient (Wildman–Crippen LogP) is -0.226. The van der Waals surface area contributed by atoms with E-state index in [0.29, 0.717) is 5.56 Å². The van der Waals surface area contributed by atoms with Crippen LogP contribution in [0.3, 0.4) is 0 Å². The summed E-state index contributed by atoms with van der Waals surface area (Å²) in [5, 5.41) is 6.97. The van der Waals surface area contributed by atoms with E-state index >= 15 is 0 Å². The molecule has 0 spiro atoms. The van der Waals surface area contributed by atoms with Crippen molar-refractivity contribution in [1.29, 1.82) is 5.41 Å². The van der Waals surface area contributed by atoms with Crippen molar-refractivity contribution in [2.45, 2.75) is 0 Å². The van der Waals surface area contributed by atoms with Gasteiger partial charge in [0.1, 0.15) is 5.84 Å². The van der Waals surface area contributed by atoms with Crippen LogP contribution in [0.5, 0.6) is 0 Å². The van der Waals surface area contributed by atoms with Crippen molar-refractivity contribution in [2.24, 2.45) is 5.73 Å². The maximum Gasteiger partial charge on any atom is 0.356 e. The second kappa shape index (κ2) is 3.30. The molecule has 0 radical (unpaired) electrons. The van der Waals surface area contributed by atoms with Gasteiger partial charge in [0.25, 0.3) is 0 Å². The molecule has 70 valence electrons. The van der Waals surface area contributed by atoms with Crippen LogP contribution in [0.4, 0.5) is 0 Å². The molecule has 1 rings (SSSR count). The van der Waals surface area contributed by atoms with Crippen LogP contribution in [-0.4, -0.2) is 15.6 Å². The summed E-state index contributed by atoms with van der Waals surface area (Å²) < 4.78 is 10.7. The zero-order valence-corrected chi connectivity index (χ0v) is 7.53. The minimum absolute atomic E-state index is 0.0718. The van der Waals surface area contributed by atoms with Crippen molar-refractivity contribution in [1.82, 2.24) is 0 Å². The van der Waals surface area contributed by atoms with Crippen molar-refractivity contribution < 1.29 is 14.4 Å². The summed E-state index contributed by atoms with van der Waals surface area (Å²) >= 11 is 0. The van der Waals surface area contributed by atoms with Crippen LogP contribution in [0.1, 0.15) is 5.56 Å². The van der Waals surface area contributed by atoms with Gasteiger partial charge < -0.3 is 15.5 Å². The fraction of sp³-hybridized carbons (Fsp3) is 0. The fourth-order valence-corrected chi connectivity index (χ4v) is 1.37. The van der Waals surface area contributed by atoms with Crippen molar-refractivity contribution in [3.8, 4) is 0 Å². The Morgan fingerprint density at radius 2 is 1.77 bits per heavy atom. The first kappa shape index (κ1) is 9.92. The van der Waals surface area contributed by atoms with Gasteiger partial charge >= 0.3 is 7.60 Å². The van der Waals surface area contributed by atoms with Crippen molar-refractivity contribution in [2.75, 3.05) is 0 Å². The van der Waals surface area contributed by atoms with E-state index in [1.54, 1.807) is 0 Å². The van der Waals surface area contributed by atoms with Crippen LogP contribution in [0, 0.1) is 5.41 Å². The van der Waals surface area contributed by atoms with Gasteiger partial charge in [0.15, 0.2) is 0 Å². The fourth-order valence-electron chi connectivity index (χ4n) is 0.835. The van der Waals surface area contributed by atoms with Gasteiger partial charge in [0.05, 0.1) is 5.30 Å². The van der Waals surface area contributed by atoms with Crippen LogP contribution in [0.15, 0.2) is 24.3 Å². The SMILES string of the molecule is N=C(N)c1ccc(P(=O)(O)O)cc1. The van der Waals surface area contributed by atoms with Crippen molar-refractivity contribution >= 4 is 18.7 Å². The Balaban J connectivity index is 3.08. The van der Waals surface area contributed by atoms with E-state index in [-0.39, 0.29) is 11.1 Å². The van der Waals surface area contributed by atoms with Crippen molar-refractivity contribution in [3.63, 3.8) is 0 Å². The third-order valence-electron chi connectivity index (χ3n) is 1.51. The number of benzene rings is 1. The average molecular weight is 200 g/mol. The highest BCUT2D eigenvalue weighted by Crippen LogP contribution is 2.32. The summed E-state index contributed by atoms with van der Waals surface area (Å²) in [6, 6.07) is 5.32. The smallest absolute Gasteiger partial charge is 0.356 e. The second-order valence-corrected chi connectivity index (χ2v) is 4.11. The lowest BCUT2D eigenvalue weighted by Gasteiger charge is -2.04. The number of nitrogens with two attached hydrogens (primary N) is 1. The molecule has 0 unspecified atom stereocenters. The number of nitrogens with one attached hydrogen (secondary N) is 1. The highest BCUT2D eigenvalue weighted by molar-refractivity contribution is 7.60. The molecule has 0 fully saturated rings. The van der Waals surface area contributed by atoms with Crippen LogP contribution >= 0.6 is 7.60 Å². The topological polar surface area (TPSA) is 107 Å². The Hall–Kier alpha value is -1.16. The molecular weight excluding hydrogens is 191 g/mol. The lowest BCUT2D eigenvalue weighted by molar-refractivity contribution is 0.387. The molecule has 1 aromatic rings. The summed E-state index contributed by atoms with van der Waals surface area (Å²) in [6.07, 6.45) is 0. The average Bonchev–Trinajstić information content (AvgIpc) is 2.03. The standard InChI is InChI=1S/C7H9N2O3P/c8-7(9)5-1-3-6(4-2-5)13(10,11)12/h1-4H,(H3,8,9)(H2,10,11,12). The molecule has 0 amide bonds. The Labute approximate surface area is 74.9 Å². The number of hydrogen-bond donors (Lipinski definition) is 4. The van der Waals surface area contributed by atoms with Gasteiger partial charge in [-0.15, -0.1) is 0 Å². The Bertz CT molecular complexity index is 368. The van der Waals surface area contributed by atoms with Gasteiger partial charge in [-0.1, -0.05) is 12.1 Å². The predicted molar refractivity (Wildman–Crippen MR) is 49.1 cm³/mol. The Morgan fingerprint density at radius 1 is 1.31 bits per heavy atom. The molecular formula is C7H9N2O3P. The summed E-state index contributed by atoms with van der Waals surface area (Å²) in [7, 11) is -4.18. The molecule has 0 saturated heterocycles. The number of rotatable bonds is 2. The molecule has 6 heteroatoms. The molecule has 0 aliphatic rings. The molecule has 0 bridgehead atoms. The van der Waals surface area contributed by atoms with Crippen LogP contribution in [0.25, 0.3) is 0 Å². The van der Waals surface area contributed by atoms with Gasteiger partial charge in [0, 0.05) is 5.56 Å². The minimum atomic E-state index is -4.18. The lowest BCUT2D eigenvalue weighted by atomic mass is 10.2. The molecule has 0 atom stereocenters. The molecule has 5 N–H and O–H groups in total. The zero-order valence-electron chi connectivity index (χ0n) is 6.64. The maximum absolute atomic E-state index is 10.7. The zero-order chi connectivity index (χ0) is 10.1. The van der Waals surface area contributed by atoms with E-state index in [4.69, 9.17) is 20.9 Å². The molecule has 13 heavy (non-hydrogen) atoms. The first-order valence-electron chi connectivity index (χ1n) is 3.42. The molecule has 0 aliphatic carbocycles. The van der Waals surface area contributed by atoms with Gasteiger partial charge in [-0.05, 0) is 12.1 Å². The van der Waals surface area contributed by atoms with Crippen LogP contribution in [0.2, 0.25) is 0 Å². The first-order chi connectivity index (χ1) is 5.91. The maximum atomic E-state index is 10.7. The molecule has 0 saturated carbocycles. The second-order valence-electron chi connectivity index (χ2n) is 2.50. The molecule has 0 aliphatic heterocycles. The largest absolute Gasteiger partial charge is 0.384 e. The van der Waals surface area contributed by atoms with Gasteiger partial charge in [-0.3, -0.25) is 9.97 Å². The van der Waals surface area contributed by atoms with E-state index in [1.165, 1.54) is 24.3 Å². The summed E-state index contributed by atoms with van der Waals surface area (Å²) in [6.45, 7) is 0. The first-order valence-corrected chi connectivity index (χ1v) is 5.03. The summed E-state index contributed by atoms with van der Waals surface area (Å²) in [5.74, 6) is -0.128. The quantitative estimate of drug-likeness (QED) is 0.300. The van der Waals surface area contributed by atoms with Crippen LogP contribution in [-0.2, 0) is 4.57 Å². The molecule has 0 heterocycles. The minimum Gasteiger partial charge on any atom is -0.384 e. The lowest BCUT2D eigenvalue weighted by Crippen LogP contribution is -2.12. The summed E-state index contributed by atoms with van der Waals surface area (Å²) in [5.41, 5.74) is 5.60. The third-order valence-corrected chi connectivity index (χ3v) is 2.49. The van der Waals surface area contributed by atoms with E-state index < -0.39 is 7.60 Å². The molecule has 5 nitrogen and oxygen atoms in total. The number of nitrogen functional groups attached to an aromatic ring is 1. The van der Waals surface area contributed by atoms with Gasteiger partial charge in [-0.2, -0.15) is 0 Å². The number of amidine groups is 1. The van der Waals surface area contributed by atoms with E-state index in [2.05, 4.69) is 0 Å². The summed E-state index contributed by atoms with van der Waals surface area (Å²) in [4.78, 5) is 17.5. The highest BCUT2D eigenvalue weighted by atomic mass is 31.2. The third kappa shape index (κ3) is 2.39. The van der Waals surface area contributed by atoms with E-state index in [0.717, 1.165) is 0 Å². The van der Waals surface area contributed by atoms with Gasteiger partial charge in [-0.25, -0.2) is 0 Å². The normalized spacial score (nSPS) is 11.2. The monoisotopic (exact) mass is 200 g/mol. The Kier molecular flexibility index (Phi) is 2.52. The number of hydrogen-bond acceptors (Lipinski definition) is 2. The molecule has 1 aromatic carbocycles.